The molecule has 0 amide bonds. The molecular weight excluding hydrogens is 264 g/mol. The summed E-state index contributed by atoms with van der Waals surface area (Å²) in [6.07, 6.45) is 3.08. The summed E-state index contributed by atoms with van der Waals surface area (Å²) in [6.45, 7) is 0. The monoisotopic (exact) mass is 272 g/mol. The molecule has 2 N–H and O–H groups in total. The number of hydrogen-bond acceptors (Lipinski definition) is 5. The van der Waals surface area contributed by atoms with E-state index in [-0.39, 0.29) is 5.88 Å². The molecule has 1 aromatic carbocycles. The van der Waals surface area contributed by atoms with Crippen molar-refractivity contribution in [3.8, 4) is 22.5 Å². The Bertz CT molecular complexity index is 712. The quantitative estimate of drug-likeness (QED) is 0.776. The molecule has 0 unspecified atom stereocenters. The summed E-state index contributed by atoms with van der Waals surface area (Å²) >= 11 is 5.98. The predicted molar refractivity (Wildman–Crippen MR) is 72.4 cm³/mol. The van der Waals surface area contributed by atoms with E-state index in [9.17, 15) is 0 Å². The number of aromatic nitrogens is 3. The van der Waals surface area contributed by atoms with Crippen LogP contribution in [0.25, 0.3) is 22.5 Å². The zero-order valence-electron chi connectivity index (χ0n) is 9.75. The van der Waals surface area contributed by atoms with Gasteiger partial charge in [-0.05, 0) is 18.2 Å². The van der Waals surface area contributed by atoms with Crippen LogP contribution in [0.1, 0.15) is 0 Å². The van der Waals surface area contributed by atoms with E-state index in [1.807, 2.05) is 12.1 Å². The fraction of sp³-hybridized carbons (Fsp3) is 0. The Morgan fingerprint density at radius 1 is 1.21 bits per heavy atom. The first-order valence-corrected chi connectivity index (χ1v) is 5.91. The average Bonchev–Trinajstić information content (AvgIpc) is 2.82. The van der Waals surface area contributed by atoms with Crippen molar-refractivity contribution in [3.05, 3.63) is 47.9 Å². The van der Waals surface area contributed by atoms with Crippen LogP contribution in [0.3, 0.4) is 0 Å². The Balaban J connectivity index is 2.19. The first-order chi connectivity index (χ1) is 9.25. The van der Waals surface area contributed by atoms with Crippen molar-refractivity contribution in [1.82, 2.24) is 15.1 Å². The summed E-state index contributed by atoms with van der Waals surface area (Å²) < 4.78 is 5.07. The SMILES string of the molecule is Nc1onc(-c2cccc(Cl)c2)c1-c1ccncn1. The van der Waals surface area contributed by atoms with Gasteiger partial charge in [-0.1, -0.05) is 28.9 Å². The lowest BCUT2D eigenvalue weighted by atomic mass is 10.1. The fourth-order valence-corrected chi connectivity index (χ4v) is 2.01. The molecule has 5 nitrogen and oxygen atoms in total. The van der Waals surface area contributed by atoms with Gasteiger partial charge in [0.25, 0.3) is 0 Å². The molecule has 3 aromatic rings. The lowest BCUT2D eigenvalue weighted by Gasteiger charge is -2.01. The highest BCUT2D eigenvalue weighted by molar-refractivity contribution is 6.30. The van der Waals surface area contributed by atoms with E-state index in [0.717, 1.165) is 5.56 Å². The second-order valence-corrected chi connectivity index (χ2v) is 4.31. The van der Waals surface area contributed by atoms with Gasteiger partial charge in [0.05, 0.1) is 11.3 Å². The molecule has 0 saturated heterocycles. The number of nitrogens with zero attached hydrogens (tertiary/aromatic N) is 3. The number of hydrogen-bond donors (Lipinski definition) is 1. The van der Waals surface area contributed by atoms with Gasteiger partial charge in [0.2, 0.25) is 5.88 Å². The van der Waals surface area contributed by atoms with Crippen LogP contribution >= 0.6 is 11.6 Å². The molecule has 0 fully saturated rings. The van der Waals surface area contributed by atoms with Gasteiger partial charge < -0.3 is 10.3 Å². The summed E-state index contributed by atoms with van der Waals surface area (Å²) in [6, 6.07) is 9.06. The molecular formula is C13H9ClN4O. The molecule has 0 saturated carbocycles. The van der Waals surface area contributed by atoms with E-state index >= 15 is 0 Å². The molecule has 0 aliphatic rings. The third-order valence-electron chi connectivity index (χ3n) is 2.65. The van der Waals surface area contributed by atoms with Crippen molar-refractivity contribution in [3.63, 3.8) is 0 Å². The van der Waals surface area contributed by atoms with E-state index in [2.05, 4.69) is 15.1 Å². The number of anilines is 1. The van der Waals surface area contributed by atoms with Crippen molar-refractivity contribution in [1.29, 1.82) is 0 Å². The van der Waals surface area contributed by atoms with E-state index in [1.165, 1.54) is 6.33 Å². The molecule has 3 rings (SSSR count). The van der Waals surface area contributed by atoms with Crippen molar-refractivity contribution < 1.29 is 4.52 Å². The molecule has 2 aromatic heterocycles. The Kier molecular flexibility index (Phi) is 2.89. The van der Waals surface area contributed by atoms with Crippen LogP contribution in [-0.2, 0) is 0 Å². The number of rotatable bonds is 2. The molecule has 94 valence electrons. The summed E-state index contributed by atoms with van der Waals surface area (Å²) in [7, 11) is 0. The van der Waals surface area contributed by atoms with Crippen LogP contribution in [0.15, 0.2) is 47.4 Å². The third kappa shape index (κ3) is 2.15. The minimum Gasteiger partial charge on any atom is -0.367 e. The topological polar surface area (TPSA) is 77.8 Å². The van der Waals surface area contributed by atoms with Gasteiger partial charge >= 0.3 is 0 Å². The van der Waals surface area contributed by atoms with Crippen LogP contribution in [0, 0.1) is 0 Å². The number of halogens is 1. The first-order valence-electron chi connectivity index (χ1n) is 5.53. The standard InChI is InChI=1S/C13H9ClN4O/c14-9-3-1-2-8(6-9)12-11(13(15)19-18-12)10-4-5-16-7-17-10/h1-7H,15H2. The molecule has 0 spiro atoms. The highest BCUT2D eigenvalue weighted by Gasteiger charge is 2.18. The summed E-state index contributed by atoms with van der Waals surface area (Å²) in [4.78, 5) is 8.04. The second-order valence-electron chi connectivity index (χ2n) is 3.88. The highest BCUT2D eigenvalue weighted by Crippen LogP contribution is 2.35. The van der Waals surface area contributed by atoms with Crippen molar-refractivity contribution >= 4 is 17.5 Å². The van der Waals surface area contributed by atoms with Gasteiger partial charge in [-0.3, -0.25) is 0 Å². The Morgan fingerprint density at radius 3 is 2.84 bits per heavy atom. The molecule has 0 atom stereocenters. The van der Waals surface area contributed by atoms with Crippen LogP contribution < -0.4 is 5.73 Å². The maximum absolute atomic E-state index is 5.98. The largest absolute Gasteiger partial charge is 0.367 e. The average molecular weight is 273 g/mol. The Labute approximate surface area is 114 Å². The molecule has 2 heterocycles. The van der Waals surface area contributed by atoms with Crippen LogP contribution in [-0.4, -0.2) is 15.1 Å². The molecule has 0 bridgehead atoms. The molecule has 6 heteroatoms. The van der Waals surface area contributed by atoms with Crippen LogP contribution in [0.5, 0.6) is 0 Å². The predicted octanol–water partition coefficient (Wildman–Crippen LogP) is 3.03. The maximum atomic E-state index is 5.98. The van der Waals surface area contributed by atoms with Crippen LogP contribution in [0.4, 0.5) is 5.88 Å². The number of nitrogen functional groups attached to an aromatic ring is 1. The summed E-state index contributed by atoms with van der Waals surface area (Å²) in [5.74, 6) is 0.216. The lowest BCUT2D eigenvalue weighted by molar-refractivity contribution is 0.439. The Hall–Kier alpha value is -2.40. The third-order valence-corrected chi connectivity index (χ3v) is 2.89. The minimum atomic E-state index is 0.216. The lowest BCUT2D eigenvalue weighted by Crippen LogP contribution is -1.90. The van der Waals surface area contributed by atoms with Crippen molar-refractivity contribution in [2.24, 2.45) is 0 Å². The van der Waals surface area contributed by atoms with Gasteiger partial charge in [0, 0.05) is 16.8 Å². The van der Waals surface area contributed by atoms with Gasteiger partial charge in [0.15, 0.2) is 0 Å². The second kappa shape index (κ2) is 4.70. The number of nitrogens with two attached hydrogens (primary N) is 1. The molecule has 0 aliphatic carbocycles. The van der Waals surface area contributed by atoms with Gasteiger partial charge in [-0.25, -0.2) is 9.97 Å². The van der Waals surface area contributed by atoms with Gasteiger partial charge in [-0.15, -0.1) is 0 Å². The highest BCUT2D eigenvalue weighted by atomic mass is 35.5. The van der Waals surface area contributed by atoms with E-state index in [0.29, 0.717) is 22.0 Å². The molecule has 19 heavy (non-hydrogen) atoms. The maximum Gasteiger partial charge on any atom is 0.232 e. The minimum absolute atomic E-state index is 0.216. The van der Waals surface area contributed by atoms with Crippen molar-refractivity contribution in [2.45, 2.75) is 0 Å². The number of benzene rings is 1. The zero-order chi connectivity index (χ0) is 13.2. The summed E-state index contributed by atoms with van der Waals surface area (Å²) in [5.41, 5.74) is 8.56. The van der Waals surface area contributed by atoms with Crippen LogP contribution in [0.2, 0.25) is 5.02 Å². The first kappa shape index (κ1) is 11.7. The summed E-state index contributed by atoms with van der Waals surface area (Å²) in [5, 5.41) is 4.60. The molecule has 0 aliphatic heterocycles. The normalized spacial score (nSPS) is 10.6. The van der Waals surface area contributed by atoms with E-state index < -0.39 is 0 Å². The van der Waals surface area contributed by atoms with E-state index in [1.54, 1.807) is 24.4 Å². The molecule has 0 radical (unpaired) electrons. The van der Waals surface area contributed by atoms with E-state index in [4.69, 9.17) is 21.9 Å². The smallest absolute Gasteiger partial charge is 0.232 e. The van der Waals surface area contributed by atoms with Gasteiger partial charge in [-0.2, -0.15) is 0 Å². The Morgan fingerprint density at radius 2 is 2.11 bits per heavy atom. The fourth-order valence-electron chi connectivity index (χ4n) is 1.82. The zero-order valence-corrected chi connectivity index (χ0v) is 10.5. The van der Waals surface area contributed by atoms with Crippen molar-refractivity contribution in [2.75, 3.05) is 5.73 Å². The van der Waals surface area contributed by atoms with Gasteiger partial charge in [0.1, 0.15) is 12.0 Å².